The van der Waals surface area contributed by atoms with Gasteiger partial charge in [0.1, 0.15) is 5.82 Å². The molecule has 1 amide bonds. The molecule has 0 aliphatic carbocycles. The number of aromatic nitrogens is 3. The minimum atomic E-state index is -0.0510. The molecule has 2 aliphatic heterocycles. The van der Waals surface area contributed by atoms with Gasteiger partial charge in [-0.1, -0.05) is 6.07 Å². The molecule has 0 bridgehead atoms. The van der Waals surface area contributed by atoms with E-state index < -0.39 is 0 Å². The Morgan fingerprint density at radius 1 is 1.08 bits per heavy atom. The van der Waals surface area contributed by atoms with E-state index in [1.54, 1.807) is 6.20 Å². The number of fused-ring (bicyclic) bond motifs is 1. The Balaban J connectivity index is 1.25. The van der Waals surface area contributed by atoms with Crippen molar-refractivity contribution in [3.05, 3.63) is 65.1 Å². The van der Waals surface area contributed by atoms with Crippen LogP contribution in [0.5, 0.6) is 0 Å². The average molecular weight is 503 g/mol. The molecule has 5 rings (SSSR count). The van der Waals surface area contributed by atoms with Crippen LogP contribution in [0.1, 0.15) is 27.2 Å². The van der Waals surface area contributed by atoms with Gasteiger partial charge >= 0.3 is 0 Å². The highest BCUT2D eigenvalue weighted by Crippen LogP contribution is 2.31. The third-order valence-electron chi connectivity index (χ3n) is 6.74. The molecule has 194 valence electrons. The minimum Gasteiger partial charge on any atom is -0.379 e. The minimum absolute atomic E-state index is 0.0510. The number of amides is 1. The molecule has 0 spiro atoms. The van der Waals surface area contributed by atoms with Gasteiger partial charge in [0.15, 0.2) is 0 Å². The third kappa shape index (κ3) is 5.98. The largest absolute Gasteiger partial charge is 0.379 e. The summed E-state index contributed by atoms with van der Waals surface area (Å²) in [5.74, 6) is 1.38. The maximum Gasteiger partial charge on any atom is 0.251 e. The maximum absolute atomic E-state index is 12.9. The second-order valence-electron chi connectivity index (χ2n) is 9.60. The Morgan fingerprint density at radius 2 is 1.92 bits per heavy atom. The zero-order valence-corrected chi connectivity index (χ0v) is 21.7. The Hall–Kier alpha value is -3.76. The standard InChI is InChI=1S/C27H34N8O2/c1-19-4-6-21(26(36)28-8-9-34-10-12-37-13-11-34)14-24(19)35-17-22-15-30-27(32-25(22)33(3)18-35)31-23-7-5-20(2)29-16-23/h4-7,14-16H,8-13,17-18H2,1-3H3,(H,28,36)(H,30,31,32). The van der Waals surface area contributed by atoms with Crippen molar-refractivity contribution >= 4 is 29.0 Å². The van der Waals surface area contributed by atoms with E-state index in [2.05, 4.69) is 42.2 Å². The molecular formula is C27H34N8O2. The summed E-state index contributed by atoms with van der Waals surface area (Å²) in [7, 11) is 2.02. The van der Waals surface area contributed by atoms with Gasteiger partial charge in [0, 0.05) is 68.5 Å². The predicted molar refractivity (Wildman–Crippen MR) is 145 cm³/mol. The van der Waals surface area contributed by atoms with Gasteiger partial charge in [-0.3, -0.25) is 14.7 Å². The van der Waals surface area contributed by atoms with Crippen LogP contribution >= 0.6 is 0 Å². The van der Waals surface area contributed by atoms with E-state index in [4.69, 9.17) is 9.72 Å². The molecular weight excluding hydrogens is 468 g/mol. The van der Waals surface area contributed by atoms with E-state index in [1.807, 2.05) is 50.5 Å². The average Bonchev–Trinajstić information content (AvgIpc) is 2.91. The first-order valence-corrected chi connectivity index (χ1v) is 12.7. The first-order valence-electron chi connectivity index (χ1n) is 12.7. The van der Waals surface area contributed by atoms with Crippen LogP contribution in [0, 0.1) is 13.8 Å². The summed E-state index contributed by atoms with van der Waals surface area (Å²) < 4.78 is 5.39. The summed E-state index contributed by atoms with van der Waals surface area (Å²) >= 11 is 0. The Labute approximate surface area is 217 Å². The highest BCUT2D eigenvalue weighted by Gasteiger charge is 2.24. The highest BCUT2D eigenvalue weighted by molar-refractivity contribution is 5.95. The molecule has 3 aromatic rings. The number of morpholine rings is 1. The molecule has 10 nitrogen and oxygen atoms in total. The van der Waals surface area contributed by atoms with Crippen LogP contribution in [0.25, 0.3) is 0 Å². The molecule has 2 aromatic heterocycles. The summed E-state index contributed by atoms with van der Waals surface area (Å²) in [5, 5.41) is 6.30. The van der Waals surface area contributed by atoms with Gasteiger partial charge in [-0.15, -0.1) is 0 Å². The van der Waals surface area contributed by atoms with Crippen LogP contribution in [0.4, 0.5) is 23.1 Å². The number of hydrogen-bond donors (Lipinski definition) is 2. The monoisotopic (exact) mass is 502 g/mol. The van der Waals surface area contributed by atoms with E-state index in [9.17, 15) is 4.79 Å². The number of carbonyl (C=O) groups is 1. The van der Waals surface area contributed by atoms with Crippen LogP contribution in [0.15, 0.2) is 42.7 Å². The zero-order chi connectivity index (χ0) is 25.8. The van der Waals surface area contributed by atoms with E-state index in [-0.39, 0.29) is 5.91 Å². The summed E-state index contributed by atoms with van der Waals surface area (Å²) in [4.78, 5) is 33.2. The number of aryl methyl sites for hydroxylation is 2. The molecule has 0 saturated carbocycles. The van der Waals surface area contributed by atoms with Crippen LogP contribution in [-0.2, 0) is 11.3 Å². The van der Waals surface area contributed by atoms with Crippen LogP contribution in [0.3, 0.4) is 0 Å². The summed E-state index contributed by atoms with van der Waals surface area (Å²) in [6, 6.07) is 9.81. The van der Waals surface area contributed by atoms with E-state index >= 15 is 0 Å². The summed E-state index contributed by atoms with van der Waals surface area (Å²) in [6.45, 7) is 10.1. The number of benzene rings is 1. The van der Waals surface area contributed by atoms with E-state index in [1.165, 1.54) is 0 Å². The molecule has 2 aliphatic rings. The number of hydrogen-bond acceptors (Lipinski definition) is 9. The fourth-order valence-electron chi connectivity index (χ4n) is 4.66. The van der Waals surface area contributed by atoms with Crippen molar-refractivity contribution in [1.82, 2.24) is 25.2 Å². The number of nitrogens with one attached hydrogen (secondary N) is 2. The summed E-state index contributed by atoms with van der Waals surface area (Å²) in [5.41, 5.74) is 5.65. The number of carbonyl (C=O) groups excluding carboxylic acids is 1. The molecule has 0 unspecified atom stereocenters. The fraction of sp³-hybridized carbons (Fsp3) is 0.407. The molecule has 1 saturated heterocycles. The van der Waals surface area contributed by atoms with Gasteiger partial charge in [0.25, 0.3) is 5.91 Å². The van der Waals surface area contributed by atoms with Crippen molar-refractivity contribution in [1.29, 1.82) is 0 Å². The van der Waals surface area contributed by atoms with Gasteiger partial charge in [-0.05, 0) is 43.7 Å². The molecule has 2 N–H and O–H groups in total. The van der Waals surface area contributed by atoms with Crippen molar-refractivity contribution in [3.63, 3.8) is 0 Å². The van der Waals surface area contributed by atoms with Crippen LogP contribution < -0.4 is 20.4 Å². The van der Waals surface area contributed by atoms with Crippen molar-refractivity contribution in [2.45, 2.75) is 20.4 Å². The zero-order valence-electron chi connectivity index (χ0n) is 21.7. The fourth-order valence-corrected chi connectivity index (χ4v) is 4.66. The molecule has 4 heterocycles. The van der Waals surface area contributed by atoms with E-state index in [0.29, 0.717) is 31.3 Å². The first-order chi connectivity index (χ1) is 18.0. The quantitative estimate of drug-likeness (QED) is 0.505. The lowest BCUT2D eigenvalue weighted by Gasteiger charge is -2.37. The smallest absolute Gasteiger partial charge is 0.251 e. The normalized spacial score (nSPS) is 15.9. The Kier molecular flexibility index (Phi) is 7.47. The first kappa shape index (κ1) is 24.9. The van der Waals surface area contributed by atoms with Gasteiger partial charge < -0.3 is 25.2 Å². The van der Waals surface area contributed by atoms with Crippen molar-refractivity contribution in [2.75, 3.05) is 68.2 Å². The number of ether oxygens (including phenoxy) is 1. The van der Waals surface area contributed by atoms with E-state index in [0.717, 1.165) is 66.9 Å². The lowest BCUT2D eigenvalue weighted by atomic mass is 10.1. The summed E-state index contributed by atoms with van der Waals surface area (Å²) in [6.07, 6.45) is 3.64. The van der Waals surface area contributed by atoms with Crippen molar-refractivity contribution in [3.8, 4) is 0 Å². The number of anilines is 4. The van der Waals surface area contributed by atoms with Gasteiger partial charge in [-0.2, -0.15) is 4.98 Å². The molecule has 10 heteroatoms. The molecule has 0 radical (unpaired) electrons. The SMILES string of the molecule is Cc1ccc(Nc2ncc3c(n2)N(C)CN(c2cc(C(=O)NCCN4CCOCC4)ccc2C)C3)cn1. The Bertz CT molecular complexity index is 1240. The predicted octanol–water partition coefficient (Wildman–Crippen LogP) is 2.71. The topological polar surface area (TPSA) is 98.8 Å². The van der Waals surface area contributed by atoms with Gasteiger partial charge in [-0.25, -0.2) is 4.98 Å². The number of pyridine rings is 1. The van der Waals surface area contributed by atoms with Crippen molar-refractivity contribution in [2.24, 2.45) is 0 Å². The number of rotatable bonds is 7. The lowest BCUT2D eigenvalue weighted by Crippen LogP contribution is -2.42. The molecule has 1 aromatic carbocycles. The number of nitrogens with zero attached hydrogens (tertiary/aromatic N) is 6. The second-order valence-corrected chi connectivity index (χ2v) is 9.60. The Morgan fingerprint density at radius 3 is 2.70 bits per heavy atom. The van der Waals surface area contributed by atoms with Crippen LogP contribution in [0.2, 0.25) is 0 Å². The highest BCUT2D eigenvalue weighted by atomic mass is 16.5. The van der Waals surface area contributed by atoms with Crippen LogP contribution in [-0.4, -0.2) is 78.9 Å². The molecule has 0 atom stereocenters. The third-order valence-corrected chi connectivity index (χ3v) is 6.74. The molecule has 37 heavy (non-hydrogen) atoms. The van der Waals surface area contributed by atoms with Crippen molar-refractivity contribution < 1.29 is 9.53 Å². The van der Waals surface area contributed by atoms with Gasteiger partial charge in [0.05, 0.1) is 31.8 Å². The maximum atomic E-state index is 12.9. The van der Waals surface area contributed by atoms with Gasteiger partial charge in [0.2, 0.25) is 5.95 Å². The molecule has 1 fully saturated rings. The lowest BCUT2D eigenvalue weighted by molar-refractivity contribution is 0.0383. The second kappa shape index (κ2) is 11.1.